The molecule has 0 unspecified atom stereocenters. The van der Waals surface area contributed by atoms with Crippen molar-refractivity contribution in [2.45, 2.75) is 37.1 Å². The maximum atomic E-state index is 12.2. The van der Waals surface area contributed by atoms with Crippen molar-refractivity contribution in [3.8, 4) is 5.75 Å². The number of benzene rings is 1. The van der Waals surface area contributed by atoms with Crippen molar-refractivity contribution in [1.82, 2.24) is 15.0 Å². The summed E-state index contributed by atoms with van der Waals surface area (Å²) in [5.74, 6) is 0.0222. The summed E-state index contributed by atoms with van der Waals surface area (Å²) in [6.07, 6.45) is -0.962. The first-order valence-electron chi connectivity index (χ1n) is 9.94. The second-order valence-corrected chi connectivity index (χ2v) is 8.93. The summed E-state index contributed by atoms with van der Waals surface area (Å²) >= 11 is 0. The maximum absolute atomic E-state index is 12.2. The molecule has 1 fully saturated rings. The van der Waals surface area contributed by atoms with Crippen LogP contribution in [0.15, 0.2) is 47.5 Å². The van der Waals surface area contributed by atoms with Gasteiger partial charge < -0.3 is 15.0 Å². The average Bonchev–Trinajstić information content (AvgIpc) is 3.27. The summed E-state index contributed by atoms with van der Waals surface area (Å²) in [5, 5.41) is 2.69. The molecule has 2 aromatic rings. The Labute approximate surface area is 183 Å². The highest BCUT2D eigenvalue weighted by Gasteiger charge is 2.31. The Hall–Kier alpha value is -2.86. The van der Waals surface area contributed by atoms with Crippen LogP contribution in [0.1, 0.15) is 24.8 Å². The van der Waals surface area contributed by atoms with Crippen molar-refractivity contribution < 1.29 is 31.1 Å². The number of sulfonamides is 1. The number of carbonyl (C=O) groups excluding carboxylic acids is 1. The largest absolute Gasteiger partial charge is 0.573 e. The number of pyridine rings is 1. The van der Waals surface area contributed by atoms with E-state index in [9.17, 15) is 26.4 Å². The minimum atomic E-state index is -4.86. The Balaban J connectivity index is 1.41. The summed E-state index contributed by atoms with van der Waals surface area (Å²) in [7, 11) is -3.98. The number of alkyl halides is 3. The molecule has 3 rings (SSSR count). The lowest BCUT2D eigenvalue weighted by Crippen LogP contribution is -2.30. The van der Waals surface area contributed by atoms with Crippen molar-refractivity contribution in [1.29, 1.82) is 0 Å². The van der Waals surface area contributed by atoms with Gasteiger partial charge in [0.2, 0.25) is 15.9 Å². The zero-order valence-electron chi connectivity index (χ0n) is 17.1. The fraction of sp³-hybridized carbons (Fsp3) is 0.400. The van der Waals surface area contributed by atoms with E-state index in [1.54, 1.807) is 6.20 Å². The normalized spacial score (nSPS) is 14.4. The fourth-order valence-corrected chi connectivity index (χ4v) is 4.18. The smallest absolute Gasteiger partial charge is 0.406 e. The lowest BCUT2D eigenvalue weighted by Gasteiger charge is -2.16. The van der Waals surface area contributed by atoms with Crippen molar-refractivity contribution in [2.75, 3.05) is 24.5 Å². The van der Waals surface area contributed by atoms with Gasteiger partial charge in [0, 0.05) is 38.8 Å². The van der Waals surface area contributed by atoms with E-state index < -0.39 is 22.1 Å². The number of nitrogens with zero attached hydrogens (tertiary/aromatic N) is 2. The number of hydrogen-bond acceptors (Lipinski definition) is 6. The Bertz CT molecular complexity index is 1010. The van der Waals surface area contributed by atoms with Crippen LogP contribution in [0.25, 0.3) is 0 Å². The van der Waals surface area contributed by atoms with E-state index in [4.69, 9.17) is 0 Å². The van der Waals surface area contributed by atoms with Crippen LogP contribution in [-0.2, 0) is 21.4 Å². The molecular formula is C20H23F3N4O4S. The Morgan fingerprint density at radius 3 is 2.38 bits per heavy atom. The highest BCUT2D eigenvalue weighted by Crippen LogP contribution is 2.23. The molecule has 174 valence electrons. The quantitative estimate of drug-likeness (QED) is 0.582. The molecule has 32 heavy (non-hydrogen) atoms. The first kappa shape index (κ1) is 23.8. The van der Waals surface area contributed by atoms with Gasteiger partial charge in [-0.3, -0.25) is 4.79 Å². The van der Waals surface area contributed by atoms with Gasteiger partial charge in [-0.2, -0.15) is 0 Å². The fourth-order valence-electron chi connectivity index (χ4n) is 3.15. The molecule has 0 spiro atoms. The highest BCUT2D eigenvalue weighted by atomic mass is 32.2. The number of carbonyl (C=O) groups is 1. The van der Waals surface area contributed by atoms with Crippen LogP contribution in [0.3, 0.4) is 0 Å². The molecule has 0 bridgehead atoms. The Morgan fingerprint density at radius 2 is 1.78 bits per heavy atom. The van der Waals surface area contributed by atoms with Crippen LogP contribution in [-0.4, -0.2) is 45.3 Å². The van der Waals surface area contributed by atoms with Crippen LogP contribution in [0.2, 0.25) is 0 Å². The Morgan fingerprint density at radius 1 is 1.09 bits per heavy atom. The number of halogens is 3. The van der Waals surface area contributed by atoms with Crippen LogP contribution in [0.5, 0.6) is 5.75 Å². The van der Waals surface area contributed by atoms with E-state index >= 15 is 0 Å². The summed E-state index contributed by atoms with van der Waals surface area (Å²) in [5.41, 5.74) is 0.822. The predicted molar refractivity (Wildman–Crippen MR) is 110 cm³/mol. The zero-order valence-corrected chi connectivity index (χ0v) is 17.9. The van der Waals surface area contributed by atoms with Gasteiger partial charge in [0.25, 0.3) is 0 Å². The van der Waals surface area contributed by atoms with E-state index in [-0.39, 0.29) is 30.3 Å². The molecule has 1 saturated heterocycles. The maximum Gasteiger partial charge on any atom is 0.573 e. The average molecular weight is 472 g/mol. The minimum absolute atomic E-state index is 0.103. The molecule has 1 amide bonds. The van der Waals surface area contributed by atoms with Crippen LogP contribution in [0, 0.1) is 0 Å². The first-order chi connectivity index (χ1) is 15.1. The van der Waals surface area contributed by atoms with Crippen LogP contribution >= 0.6 is 0 Å². The van der Waals surface area contributed by atoms with Crippen LogP contribution < -0.4 is 19.7 Å². The molecule has 0 aliphatic carbocycles. The molecule has 1 aromatic carbocycles. The number of ether oxygens (including phenoxy) is 1. The SMILES string of the molecule is O=C(CCNS(=O)(=O)c1ccc(OC(F)(F)F)cc1)NCc1ccc(N2CCCC2)nc1. The van der Waals surface area contributed by atoms with E-state index in [1.807, 2.05) is 12.1 Å². The third-order valence-electron chi connectivity index (χ3n) is 4.74. The van der Waals surface area contributed by atoms with Crippen molar-refractivity contribution in [2.24, 2.45) is 0 Å². The van der Waals surface area contributed by atoms with E-state index in [1.165, 1.54) is 0 Å². The third kappa shape index (κ3) is 7.09. The molecule has 0 atom stereocenters. The van der Waals surface area contributed by atoms with Gasteiger partial charge in [0.15, 0.2) is 0 Å². The van der Waals surface area contributed by atoms with Crippen molar-refractivity contribution in [3.63, 3.8) is 0 Å². The van der Waals surface area contributed by atoms with Crippen molar-refractivity contribution >= 4 is 21.7 Å². The van der Waals surface area contributed by atoms with Gasteiger partial charge in [0.05, 0.1) is 4.90 Å². The highest BCUT2D eigenvalue weighted by molar-refractivity contribution is 7.89. The molecule has 1 aliphatic rings. The number of nitrogens with one attached hydrogen (secondary N) is 2. The topological polar surface area (TPSA) is 101 Å². The summed E-state index contributed by atoms with van der Waals surface area (Å²) in [6, 6.07) is 7.57. The molecule has 8 nitrogen and oxygen atoms in total. The molecule has 0 radical (unpaired) electrons. The molecule has 0 saturated carbocycles. The molecule has 1 aliphatic heterocycles. The van der Waals surface area contributed by atoms with Gasteiger partial charge >= 0.3 is 6.36 Å². The first-order valence-corrected chi connectivity index (χ1v) is 11.4. The summed E-state index contributed by atoms with van der Waals surface area (Å²) < 4.78 is 66.9. The van der Waals surface area contributed by atoms with Gasteiger partial charge in [0.1, 0.15) is 11.6 Å². The number of aromatic nitrogens is 1. The van der Waals surface area contributed by atoms with E-state index in [0.717, 1.165) is 61.6 Å². The molecule has 12 heteroatoms. The number of amides is 1. The monoisotopic (exact) mass is 472 g/mol. The third-order valence-corrected chi connectivity index (χ3v) is 6.22. The number of rotatable bonds is 9. The lowest BCUT2D eigenvalue weighted by molar-refractivity contribution is -0.274. The molecule has 1 aromatic heterocycles. The summed E-state index contributed by atoms with van der Waals surface area (Å²) in [6.45, 7) is 2.08. The van der Waals surface area contributed by atoms with Gasteiger partial charge in [-0.05, 0) is 48.7 Å². The molecular weight excluding hydrogens is 449 g/mol. The minimum Gasteiger partial charge on any atom is -0.406 e. The molecule has 2 N–H and O–H groups in total. The predicted octanol–water partition coefficient (Wildman–Crippen LogP) is 2.57. The van der Waals surface area contributed by atoms with E-state index in [2.05, 4.69) is 24.7 Å². The second kappa shape index (κ2) is 10.2. The lowest BCUT2D eigenvalue weighted by atomic mass is 10.2. The molecule has 2 heterocycles. The van der Waals surface area contributed by atoms with Gasteiger partial charge in [-0.25, -0.2) is 18.1 Å². The van der Waals surface area contributed by atoms with Gasteiger partial charge in [-0.1, -0.05) is 6.07 Å². The van der Waals surface area contributed by atoms with Crippen LogP contribution in [0.4, 0.5) is 19.0 Å². The number of hydrogen-bond donors (Lipinski definition) is 2. The second-order valence-electron chi connectivity index (χ2n) is 7.16. The zero-order chi connectivity index (χ0) is 23.2. The van der Waals surface area contributed by atoms with E-state index in [0.29, 0.717) is 0 Å². The number of anilines is 1. The Kier molecular flexibility index (Phi) is 7.56. The van der Waals surface area contributed by atoms with Gasteiger partial charge in [-0.15, -0.1) is 13.2 Å². The summed E-state index contributed by atoms with van der Waals surface area (Å²) in [4.78, 5) is 18.4. The standard InChI is InChI=1S/C20H23F3N4O4S/c21-20(22,23)31-16-4-6-17(7-5-16)32(29,30)26-10-9-19(28)25-14-15-3-8-18(24-13-15)27-11-1-2-12-27/h3-8,13,26H,1-2,9-12,14H2,(H,25,28). The van der Waals surface area contributed by atoms with Crippen molar-refractivity contribution in [3.05, 3.63) is 48.2 Å².